The number of carbonyl (C=O) groups is 1. The van der Waals surface area contributed by atoms with Crippen LogP contribution in [0.15, 0.2) is 41.3 Å². The molecule has 0 saturated heterocycles. The standard InChI is InChI=1S/C15H14FN3O5/c1-8(13(20)9-3-2-4-11(16)5-9)18-14(21)10-6-12(19(23)24)15(22)17-7-10/h2-8,13,20H,1H3,(H,17,22)(H,18,21). The Balaban J connectivity index is 2.15. The molecule has 2 unspecified atom stereocenters. The molecule has 0 radical (unpaired) electrons. The number of aromatic amines is 1. The van der Waals surface area contributed by atoms with Crippen molar-refractivity contribution in [3.05, 3.63) is 73.9 Å². The first-order chi connectivity index (χ1) is 11.3. The summed E-state index contributed by atoms with van der Waals surface area (Å²) >= 11 is 0. The smallest absolute Gasteiger partial charge is 0.334 e. The lowest BCUT2D eigenvalue weighted by molar-refractivity contribution is -0.386. The van der Waals surface area contributed by atoms with E-state index in [2.05, 4.69) is 10.3 Å². The second-order valence-corrected chi connectivity index (χ2v) is 5.12. The molecule has 24 heavy (non-hydrogen) atoms. The first-order valence-corrected chi connectivity index (χ1v) is 6.91. The molecule has 1 aromatic heterocycles. The van der Waals surface area contributed by atoms with Crippen molar-refractivity contribution < 1.29 is 19.2 Å². The number of pyridine rings is 1. The van der Waals surface area contributed by atoms with E-state index in [1.54, 1.807) is 0 Å². The van der Waals surface area contributed by atoms with Gasteiger partial charge in [0, 0.05) is 12.3 Å². The number of rotatable bonds is 5. The maximum absolute atomic E-state index is 13.2. The summed E-state index contributed by atoms with van der Waals surface area (Å²) in [5.41, 5.74) is -1.56. The van der Waals surface area contributed by atoms with E-state index in [0.717, 1.165) is 18.3 Å². The quantitative estimate of drug-likeness (QED) is 0.560. The van der Waals surface area contributed by atoms with Gasteiger partial charge in [-0.3, -0.25) is 19.7 Å². The predicted octanol–water partition coefficient (Wildman–Crippen LogP) is 1.27. The molecule has 0 bridgehead atoms. The summed E-state index contributed by atoms with van der Waals surface area (Å²) in [7, 11) is 0. The third kappa shape index (κ3) is 3.82. The van der Waals surface area contributed by atoms with E-state index in [-0.39, 0.29) is 11.1 Å². The van der Waals surface area contributed by atoms with Crippen LogP contribution in [0.5, 0.6) is 0 Å². The number of nitro groups is 1. The zero-order valence-corrected chi connectivity index (χ0v) is 12.5. The number of halogens is 1. The summed E-state index contributed by atoms with van der Waals surface area (Å²) in [4.78, 5) is 35.3. The van der Waals surface area contributed by atoms with Crippen molar-refractivity contribution >= 4 is 11.6 Å². The van der Waals surface area contributed by atoms with Crippen LogP contribution in [-0.2, 0) is 0 Å². The average Bonchev–Trinajstić information content (AvgIpc) is 2.54. The molecule has 9 heteroatoms. The largest absolute Gasteiger partial charge is 0.386 e. The van der Waals surface area contributed by atoms with Gasteiger partial charge in [-0.25, -0.2) is 4.39 Å². The van der Waals surface area contributed by atoms with Crippen LogP contribution < -0.4 is 10.9 Å². The number of benzene rings is 1. The second-order valence-electron chi connectivity index (χ2n) is 5.12. The first kappa shape index (κ1) is 17.3. The Kier molecular flexibility index (Phi) is 5.05. The van der Waals surface area contributed by atoms with Crippen LogP contribution in [0.4, 0.5) is 10.1 Å². The van der Waals surface area contributed by atoms with Crippen molar-refractivity contribution in [2.24, 2.45) is 0 Å². The van der Waals surface area contributed by atoms with E-state index in [1.165, 1.54) is 25.1 Å². The third-order valence-electron chi connectivity index (χ3n) is 3.37. The Labute approximate surface area is 135 Å². The molecule has 8 nitrogen and oxygen atoms in total. The summed E-state index contributed by atoms with van der Waals surface area (Å²) in [6.07, 6.45) is -0.145. The fourth-order valence-electron chi connectivity index (χ4n) is 2.09. The van der Waals surface area contributed by atoms with Crippen molar-refractivity contribution in [1.29, 1.82) is 0 Å². The highest BCUT2D eigenvalue weighted by molar-refractivity contribution is 5.94. The lowest BCUT2D eigenvalue weighted by Crippen LogP contribution is -2.37. The SMILES string of the molecule is CC(NC(=O)c1c[nH]c(=O)c([N+](=O)[O-])c1)C(O)c1cccc(F)c1. The highest BCUT2D eigenvalue weighted by Crippen LogP contribution is 2.18. The number of aliphatic hydroxyl groups is 1. The minimum atomic E-state index is -1.18. The highest BCUT2D eigenvalue weighted by atomic mass is 19.1. The Morgan fingerprint density at radius 2 is 2.12 bits per heavy atom. The van der Waals surface area contributed by atoms with Gasteiger partial charge in [0.1, 0.15) is 5.82 Å². The molecule has 0 aliphatic carbocycles. The van der Waals surface area contributed by atoms with Crippen LogP contribution in [0.1, 0.15) is 28.9 Å². The molecular formula is C15H14FN3O5. The van der Waals surface area contributed by atoms with Gasteiger partial charge in [0.15, 0.2) is 0 Å². The van der Waals surface area contributed by atoms with Gasteiger partial charge in [-0.2, -0.15) is 0 Å². The molecule has 1 aromatic carbocycles. The van der Waals surface area contributed by atoms with Gasteiger partial charge in [-0.15, -0.1) is 0 Å². The van der Waals surface area contributed by atoms with Crippen molar-refractivity contribution in [1.82, 2.24) is 10.3 Å². The molecular weight excluding hydrogens is 321 g/mol. The molecule has 1 amide bonds. The zero-order chi connectivity index (χ0) is 17.9. The van der Waals surface area contributed by atoms with Gasteiger partial charge < -0.3 is 15.4 Å². The minimum absolute atomic E-state index is 0.139. The van der Waals surface area contributed by atoms with Gasteiger partial charge in [0.25, 0.3) is 5.91 Å². The Bertz CT molecular complexity index is 836. The summed E-state index contributed by atoms with van der Waals surface area (Å²) in [6, 6.07) is 5.33. The van der Waals surface area contributed by atoms with E-state index in [4.69, 9.17) is 0 Å². The molecule has 0 aliphatic heterocycles. The van der Waals surface area contributed by atoms with Crippen LogP contribution in [0.3, 0.4) is 0 Å². The minimum Gasteiger partial charge on any atom is -0.386 e. The topological polar surface area (TPSA) is 125 Å². The van der Waals surface area contributed by atoms with Crippen LogP contribution in [0.2, 0.25) is 0 Å². The third-order valence-corrected chi connectivity index (χ3v) is 3.37. The first-order valence-electron chi connectivity index (χ1n) is 6.91. The Hall–Kier alpha value is -3.07. The van der Waals surface area contributed by atoms with Crippen molar-refractivity contribution in [3.8, 4) is 0 Å². The lowest BCUT2D eigenvalue weighted by Gasteiger charge is -2.20. The van der Waals surface area contributed by atoms with Gasteiger partial charge in [-0.05, 0) is 24.6 Å². The van der Waals surface area contributed by atoms with Crippen LogP contribution >= 0.6 is 0 Å². The monoisotopic (exact) mass is 335 g/mol. The molecule has 3 N–H and O–H groups in total. The fourth-order valence-corrected chi connectivity index (χ4v) is 2.09. The molecule has 2 atom stereocenters. The number of carbonyl (C=O) groups excluding carboxylic acids is 1. The molecule has 0 fully saturated rings. The molecule has 2 aromatic rings. The van der Waals surface area contributed by atoms with Gasteiger partial charge in [-0.1, -0.05) is 12.1 Å². The lowest BCUT2D eigenvalue weighted by atomic mass is 10.0. The van der Waals surface area contributed by atoms with E-state index in [9.17, 15) is 29.2 Å². The van der Waals surface area contributed by atoms with E-state index in [0.29, 0.717) is 0 Å². The summed E-state index contributed by atoms with van der Waals surface area (Å²) < 4.78 is 13.2. The number of aliphatic hydroxyl groups excluding tert-OH is 1. The Morgan fingerprint density at radius 1 is 1.42 bits per heavy atom. The van der Waals surface area contributed by atoms with E-state index in [1.807, 2.05) is 0 Å². The number of amides is 1. The molecule has 1 heterocycles. The summed E-state index contributed by atoms with van der Waals surface area (Å²) in [5, 5.41) is 23.3. The van der Waals surface area contributed by atoms with Gasteiger partial charge >= 0.3 is 11.2 Å². The number of H-pyrrole nitrogens is 1. The maximum atomic E-state index is 13.2. The predicted molar refractivity (Wildman–Crippen MR) is 82.0 cm³/mol. The zero-order valence-electron chi connectivity index (χ0n) is 12.5. The average molecular weight is 335 g/mol. The van der Waals surface area contributed by atoms with Crippen LogP contribution in [0.25, 0.3) is 0 Å². The number of hydrogen-bond acceptors (Lipinski definition) is 5. The van der Waals surface area contributed by atoms with Crippen LogP contribution in [-0.4, -0.2) is 27.0 Å². The van der Waals surface area contributed by atoms with E-state index >= 15 is 0 Å². The van der Waals surface area contributed by atoms with Crippen LogP contribution in [0, 0.1) is 15.9 Å². The van der Waals surface area contributed by atoms with E-state index < -0.39 is 40.0 Å². The molecule has 0 spiro atoms. The normalized spacial score (nSPS) is 13.1. The second kappa shape index (κ2) is 7.01. The Morgan fingerprint density at radius 3 is 2.75 bits per heavy atom. The molecule has 126 valence electrons. The number of nitrogens with one attached hydrogen (secondary N) is 2. The van der Waals surface area contributed by atoms with Crippen molar-refractivity contribution in [3.63, 3.8) is 0 Å². The molecule has 0 saturated carbocycles. The molecule has 0 aliphatic rings. The highest BCUT2D eigenvalue weighted by Gasteiger charge is 2.21. The number of hydrogen-bond donors (Lipinski definition) is 3. The van der Waals surface area contributed by atoms with Gasteiger partial charge in [0.05, 0.1) is 22.6 Å². The number of aromatic nitrogens is 1. The summed E-state index contributed by atoms with van der Waals surface area (Å²) in [6.45, 7) is 1.49. The molecule has 2 rings (SSSR count). The number of nitrogens with zero attached hydrogens (tertiary/aromatic N) is 1. The van der Waals surface area contributed by atoms with Gasteiger partial charge in [0.2, 0.25) is 0 Å². The summed E-state index contributed by atoms with van der Waals surface area (Å²) in [5.74, 6) is -1.25. The fraction of sp³-hybridized carbons (Fsp3) is 0.200. The maximum Gasteiger partial charge on any atom is 0.334 e. The van der Waals surface area contributed by atoms with Crippen molar-refractivity contribution in [2.75, 3.05) is 0 Å². The van der Waals surface area contributed by atoms with Crippen molar-refractivity contribution in [2.45, 2.75) is 19.1 Å².